The summed E-state index contributed by atoms with van der Waals surface area (Å²) >= 11 is 0. The summed E-state index contributed by atoms with van der Waals surface area (Å²) in [6.45, 7) is 8.85. The molecule has 6 heteroatoms. The van der Waals surface area contributed by atoms with Crippen LogP contribution in [-0.2, 0) is 22.8 Å². The Hall–Kier alpha value is 0.0169. The zero-order valence-electron chi connectivity index (χ0n) is 10.4. The minimum Gasteiger partial charge on any atom is -0.374 e. The molecule has 96 valence electrons. The summed E-state index contributed by atoms with van der Waals surface area (Å²) in [6.07, 6.45) is -0.240. The Morgan fingerprint density at radius 3 is 1.75 bits per heavy atom. The predicted octanol–water partition coefficient (Wildman–Crippen LogP) is 1.41. The highest BCUT2D eigenvalue weighted by Gasteiger charge is 2.44. The Morgan fingerprint density at radius 1 is 0.938 bits per heavy atom. The van der Waals surface area contributed by atoms with Crippen molar-refractivity contribution in [3.63, 3.8) is 0 Å². The lowest BCUT2D eigenvalue weighted by Crippen LogP contribution is -2.48. The van der Waals surface area contributed by atoms with E-state index in [-0.39, 0.29) is 6.29 Å². The zero-order chi connectivity index (χ0) is 11.9. The van der Waals surface area contributed by atoms with Gasteiger partial charge < -0.3 is 22.8 Å². The second-order valence-corrected chi connectivity index (χ2v) is 6.00. The Balaban J connectivity index is 2.56. The van der Waals surface area contributed by atoms with E-state index in [1.165, 1.54) is 0 Å². The van der Waals surface area contributed by atoms with E-state index in [0.717, 1.165) is 0 Å². The molecule has 0 spiro atoms. The lowest BCUT2D eigenvalue weighted by molar-refractivity contribution is -0.0446. The van der Waals surface area contributed by atoms with Crippen LogP contribution < -0.4 is 0 Å². The second kappa shape index (κ2) is 7.36. The Bertz CT molecular complexity index is 167. The molecule has 1 heterocycles. The van der Waals surface area contributed by atoms with Gasteiger partial charge in [0.05, 0.1) is 19.3 Å². The third-order valence-electron chi connectivity index (χ3n) is 2.20. The third kappa shape index (κ3) is 4.12. The molecule has 0 atom stereocenters. The first-order valence-corrected chi connectivity index (χ1v) is 7.84. The molecule has 0 aromatic heterocycles. The molecule has 16 heavy (non-hydrogen) atoms. The van der Waals surface area contributed by atoms with E-state index in [9.17, 15) is 0 Å². The van der Waals surface area contributed by atoms with Gasteiger partial charge in [-0.2, -0.15) is 0 Å². The molecule has 0 aliphatic carbocycles. The van der Waals surface area contributed by atoms with Crippen molar-refractivity contribution in [2.45, 2.75) is 33.1 Å². The highest BCUT2D eigenvalue weighted by atomic mass is 28.4. The van der Waals surface area contributed by atoms with E-state index in [1.54, 1.807) is 0 Å². The molecule has 0 N–H and O–H groups in total. The largest absolute Gasteiger partial charge is 0.506 e. The monoisotopic (exact) mass is 250 g/mol. The normalized spacial score (nSPS) is 18.2. The number of rotatable bonds is 8. The molecule has 1 saturated heterocycles. The van der Waals surface area contributed by atoms with Crippen molar-refractivity contribution in [3.05, 3.63) is 0 Å². The van der Waals surface area contributed by atoms with Crippen LogP contribution in [0.15, 0.2) is 0 Å². The molecule has 0 unspecified atom stereocenters. The van der Waals surface area contributed by atoms with Crippen molar-refractivity contribution in [2.24, 2.45) is 0 Å². The maximum absolute atomic E-state index is 5.71. The first-order chi connectivity index (χ1) is 7.76. The van der Waals surface area contributed by atoms with E-state index >= 15 is 0 Å². The molecule has 1 aliphatic heterocycles. The number of ether oxygens (including phenoxy) is 2. The summed E-state index contributed by atoms with van der Waals surface area (Å²) < 4.78 is 28.0. The van der Waals surface area contributed by atoms with Gasteiger partial charge in [-0.15, -0.1) is 0 Å². The molecular formula is C10H22O5Si. The summed E-state index contributed by atoms with van der Waals surface area (Å²) in [7, 11) is -2.61. The van der Waals surface area contributed by atoms with Gasteiger partial charge in [0.15, 0.2) is 6.29 Å². The van der Waals surface area contributed by atoms with Gasteiger partial charge >= 0.3 is 8.80 Å². The van der Waals surface area contributed by atoms with Gasteiger partial charge in [0.2, 0.25) is 0 Å². The summed E-state index contributed by atoms with van der Waals surface area (Å²) in [4.78, 5) is 0. The Morgan fingerprint density at radius 2 is 1.38 bits per heavy atom. The van der Waals surface area contributed by atoms with Crippen LogP contribution in [0.4, 0.5) is 0 Å². The third-order valence-corrected chi connectivity index (χ3v) is 5.22. The summed E-state index contributed by atoms with van der Waals surface area (Å²) in [5, 5.41) is 0. The summed E-state index contributed by atoms with van der Waals surface area (Å²) in [6, 6.07) is 0.572. The predicted molar refractivity (Wildman–Crippen MR) is 61.1 cm³/mol. The average molecular weight is 250 g/mol. The molecule has 5 nitrogen and oxygen atoms in total. The van der Waals surface area contributed by atoms with Crippen molar-refractivity contribution in [1.82, 2.24) is 0 Å². The molecule has 0 bridgehead atoms. The van der Waals surface area contributed by atoms with Crippen LogP contribution >= 0.6 is 0 Å². The van der Waals surface area contributed by atoms with Gasteiger partial charge in [0.1, 0.15) is 0 Å². The van der Waals surface area contributed by atoms with Crippen LogP contribution in [0.2, 0.25) is 6.04 Å². The maximum atomic E-state index is 5.71. The highest BCUT2D eigenvalue weighted by molar-refractivity contribution is 6.60. The molecular weight excluding hydrogens is 228 g/mol. The lowest BCUT2D eigenvalue weighted by Gasteiger charge is -2.29. The average Bonchev–Trinajstić information content (AvgIpc) is 2.71. The van der Waals surface area contributed by atoms with Crippen molar-refractivity contribution in [3.8, 4) is 0 Å². The molecule has 0 aromatic rings. The quantitative estimate of drug-likeness (QED) is 0.609. The van der Waals surface area contributed by atoms with E-state index in [1.807, 2.05) is 20.8 Å². The topological polar surface area (TPSA) is 46.2 Å². The van der Waals surface area contributed by atoms with E-state index in [2.05, 4.69) is 0 Å². The minimum absolute atomic E-state index is 0.240. The molecule has 1 rings (SSSR count). The molecule has 1 fully saturated rings. The summed E-state index contributed by atoms with van der Waals surface area (Å²) in [5.41, 5.74) is 0. The zero-order valence-corrected chi connectivity index (χ0v) is 11.4. The van der Waals surface area contributed by atoms with Crippen molar-refractivity contribution >= 4 is 8.80 Å². The molecule has 0 aromatic carbocycles. The van der Waals surface area contributed by atoms with Crippen LogP contribution in [0.5, 0.6) is 0 Å². The Kier molecular flexibility index (Phi) is 6.48. The SMILES string of the molecule is CCO[Si](CC1OCCO1)(OCC)OCC. The van der Waals surface area contributed by atoms with Crippen molar-refractivity contribution in [2.75, 3.05) is 33.0 Å². The minimum atomic E-state index is -2.61. The van der Waals surface area contributed by atoms with Crippen LogP contribution in [0, 0.1) is 0 Å². The fourth-order valence-corrected chi connectivity index (χ4v) is 4.26. The van der Waals surface area contributed by atoms with E-state index in [4.69, 9.17) is 22.8 Å². The molecule has 1 aliphatic rings. The van der Waals surface area contributed by atoms with Crippen LogP contribution in [-0.4, -0.2) is 48.1 Å². The van der Waals surface area contributed by atoms with Crippen LogP contribution in [0.1, 0.15) is 20.8 Å². The van der Waals surface area contributed by atoms with Crippen molar-refractivity contribution in [1.29, 1.82) is 0 Å². The van der Waals surface area contributed by atoms with Crippen LogP contribution in [0.3, 0.4) is 0 Å². The molecule has 0 amide bonds. The van der Waals surface area contributed by atoms with Crippen molar-refractivity contribution < 1.29 is 22.8 Å². The first kappa shape index (κ1) is 14.1. The van der Waals surface area contributed by atoms with E-state index < -0.39 is 8.80 Å². The molecule has 0 saturated carbocycles. The number of hydrogen-bond donors (Lipinski definition) is 0. The molecule has 0 radical (unpaired) electrons. The van der Waals surface area contributed by atoms with Gasteiger partial charge in [-0.3, -0.25) is 0 Å². The smallest absolute Gasteiger partial charge is 0.374 e. The van der Waals surface area contributed by atoms with E-state index in [0.29, 0.717) is 39.1 Å². The van der Waals surface area contributed by atoms with Gasteiger partial charge in [0, 0.05) is 19.8 Å². The fraction of sp³-hybridized carbons (Fsp3) is 1.00. The van der Waals surface area contributed by atoms with Gasteiger partial charge in [-0.05, 0) is 20.8 Å². The Labute approximate surface area is 98.3 Å². The summed E-state index contributed by atoms with van der Waals surface area (Å²) in [5.74, 6) is 0. The fourth-order valence-electron chi connectivity index (χ4n) is 1.69. The van der Waals surface area contributed by atoms with Crippen LogP contribution in [0.25, 0.3) is 0 Å². The number of hydrogen-bond acceptors (Lipinski definition) is 5. The van der Waals surface area contributed by atoms with Gasteiger partial charge in [0.25, 0.3) is 0 Å². The lowest BCUT2D eigenvalue weighted by atomic mass is 10.8. The first-order valence-electron chi connectivity index (χ1n) is 5.91. The van der Waals surface area contributed by atoms with Gasteiger partial charge in [-0.25, -0.2) is 0 Å². The van der Waals surface area contributed by atoms with Gasteiger partial charge in [-0.1, -0.05) is 0 Å². The second-order valence-electron chi connectivity index (χ2n) is 3.36. The maximum Gasteiger partial charge on any atom is 0.506 e. The standard InChI is InChI=1S/C10H22O5Si/c1-4-13-16(14-5-2,15-6-3)9-10-11-7-8-12-10/h10H,4-9H2,1-3H3. The highest BCUT2D eigenvalue weighted by Crippen LogP contribution is 2.22.